The quantitative estimate of drug-likeness (QED) is 0.253. The Labute approximate surface area is 206 Å². The number of nitrogens with one attached hydrogen (secondary N) is 2. The van der Waals surface area contributed by atoms with E-state index >= 15 is 0 Å². The Bertz CT molecular complexity index is 920. The van der Waals surface area contributed by atoms with Gasteiger partial charge < -0.3 is 15.1 Å². The van der Waals surface area contributed by atoms with Gasteiger partial charge in [-0.1, -0.05) is 18.6 Å². The Morgan fingerprint density at radius 2 is 1.94 bits per heavy atom. The van der Waals surface area contributed by atoms with Crippen LogP contribution in [0.25, 0.3) is 5.69 Å². The molecule has 1 aromatic carbocycles. The van der Waals surface area contributed by atoms with Crippen molar-refractivity contribution in [1.29, 1.82) is 0 Å². The summed E-state index contributed by atoms with van der Waals surface area (Å²) in [5.74, 6) is 1.82. The molecule has 1 aliphatic rings. The maximum Gasteiger partial charge on any atom is 0.191 e. The van der Waals surface area contributed by atoms with Crippen LogP contribution in [0.2, 0.25) is 0 Å². The summed E-state index contributed by atoms with van der Waals surface area (Å²) in [6.07, 6.45) is 8.79. The van der Waals surface area contributed by atoms with Crippen molar-refractivity contribution in [2.24, 2.45) is 4.99 Å². The van der Waals surface area contributed by atoms with Crippen molar-refractivity contribution >= 4 is 29.9 Å². The highest BCUT2D eigenvalue weighted by molar-refractivity contribution is 14.0. The number of halogens is 1. The van der Waals surface area contributed by atoms with Crippen LogP contribution in [-0.4, -0.2) is 51.8 Å². The minimum Gasteiger partial charge on any atom is -0.468 e. The molecule has 2 N–H and O–H groups in total. The van der Waals surface area contributed by atoms with Gasteiger partial charge in [0.05, 0.1) is 24.5 Å². The topological polar surface area (TPSA) is 83.5 Å². The van der Waals surface area contributed by atoms with Gasteiger partial charge in [0, 0.05) is 13.1 Å². The van der Waals surface area contributed by atoms with E-state index in [0.717, 1.165) is 49.1 Å². The normalized spacial score (nSPS) is 15.7. The molecule has 0 radical (unpaired) electrons. The van der Waals surface area contributed by atoms with Crippen LogP contribution < -0.4 is 10.6 Å². The lowest BCUT2D eigenvalue weighted by atomic mass is 10.1. The van der Waals surface area contributed by atoms with Crippen molar-refractivity contribution in [2.75, 3.05) is 26.2 Å². The largest absolute Gasteiger partial charge is 0.468 e. The fourth-order valence-corrected chi connectivity index (χ4v) is 3.92. The fourth-order valence-electron chi connectivity index (χ4n) is 3.92. The number of aromatic nitrogens is 3. The molecule has 0 amide bonds. The van der Waals surface area contributed by atoms with Gasteiger partial charge in [-0.15, -0.1) is 24.0 Å². The number of aliphatic imine (C=N–C) groups is 1. The first-order chi connectivity index (χ1) is 15.3. The minimum absolute atomic E-state index is 0. The van der Waals surface area contributed by atoms with Gasteiger partial charge in [0.1, 0.15) is 18.4 Å². The highest BCUT2D eigenvalue weighted by Gasteiger charge is 2.24. The molecule has 0 saturated carbocycles. The molecule has 32 heavy (non-hydrogen) atoms. The smallest absolute Gasteiger partial charge is 0.191 e. The van der Waals surface area contributed by atoms with Gasteiger partial charge in [-0.3, -0.25) is 4.90 Å². The predicted molar refractivity (Wildman–Crippen MR) is 136 cm³/mol. The van der Waals surface area contributed by atoms with Gasteiger partial charge in [0.25, 0.3) is 0 Å². The van der Waals surface area contributed by atoms with E-state index in [9.17, 15) is 0 Å². The number of furan rings is 1. The Morgan fingerprint density at radius 1 is 1.12 bits per heavy atom. The van der Waals surface area contributed by atoms with Gasteiger partial charge in [-0.05, 0) is 62.7 Å². The second-order valence-electron chi connectivity index (χ2n) is 7.71. The number of rotatable bonds is 8. The summed E-state index contributed by atoms with van der Waals surface area (Å²) in [5.41, 5.74) is 2.12. The lowest BCUT2D eigenvalue weighted by Crippen LogP contribution is -2.44. The van der Waals surface area contributed by atoms with E-state index in [-0.39, 0.29) is 30.0 Å². The van der Waals surface area contributed by atoms with Gasteiger partial charge in [-0.2, -0.15) is 5.10 Å². The van der Waals surface area contributed by atoms with Gasteiger partial charge in [0.15, 0.2) is 5.96 Å². The van der Waals surface area contributed by atoms with Crippen molar-refractivity contribution in [3.05, 3.63) is 66.6 Å². The van der Waals surface area contributed by atoms with Crippen molar-refractivity contribution < 1.29 is 4.42 Å². The summed E-state index contributed by atoms with van der Waals surface area (Å²) in [5, 5.41) is 11.0. The van der Waals surface area contributed by atoms with E-state index in [0.29, 0.717) is 6.54 Å². The van der Waals surface area contributed by atoms with Crippen LogP contribution in [0.5, 0.6) is 0 Å². The minimum atomic E-state index is 0. The Hall–Kier alpha value is -2.40. The molecule has 4 rings (SSSR count). The molecule has 1 atom stereocenters. The SMILES string of the molecule is CCNC(=NCc1ccc(-n2cncn2)cc1)NCC(c1ccco1)N1CCCCC1.I. The van der Waals surface area contributed by atoms with Gasteiger partial charge in [-0.25, -0.2) is 14.7 Å². The molecule has 3 aromatic rings. The summed E-state index contributed by atoms with van der Waals surface area (Å²) >= 11 is 0. The highest BCUT2D eigenvalue weighted by atomic mass is 127. The molecular weight excluding hydrogens is 517 g/mol. The van der Waals surface area contributed by atoms with E-state index in [1.165, 1.54) is 25.6 Å². The van der Waals surface area contributed by atoms with E-state index in [4.69, 9.17) is 9.41 Å². The molecule has 0 spiro atoms. The molecule has 1 saturated heterocycles. The molecule has 1 fully saturated rings. The summed E-state index contributed by atoms with van der Waals surface area (Å²) in [4.78, 5) is 11.3. The number of hydrogen-bond acceptors (Lipinski definition) is 5. The number of hydrogen-bond donors (Lipinski definition) is 2. The number of benzene rings is 1. The van der Waals surface area contributed by atoms with E-state index in [1.54, 1.807) is 17.3 Å². The molecule has 1 unspecified atom stereocenters. The summed E-state index contributed by atoms with van der Waals surface area (Å²) in [6, 6.07) is 12.5. The van der Waals surface area contributed by atoms with Crippen LogP contribution in [0.15, 0.2) is 64.7 Å². The van der Waals surface area contributed by atoms with Crippen LogP contribution in [0.4, 0.5) is 0 Å². The molecule has 9 heteroatoms. The zero-order chi connectivity index (χ0) is 21.3. The molecule has 3 heterocycles. The van der Waals surface area contributed by atoms with E-state index in [1.807, 2.05) is 18.2 Å². The van der Waals surface area contributed by atoms with Crippen LogP contribution in [-0.2, 0) is 6.54 Å². The summed E-state index contributed by atoms with van der Waals surface area (Å²) in [7, 11) is 0. The van der Waals surface area contributed by atoms with Crippen LogP contribution >= 0.6 is 24.0 Å². The van der Waals surface area contributed by atoms with Crippen LogP contribution in [0.3, 0.4) is 0 Å². The summed E-state index contributed by atoms with van der Waals surface area (Å²) < 4.78 is 7.50. The average Bonchev–Trinajstić information content (AvgIpc) is 3.53. The van der Waals surface area contributed by atoms with Crippen molar-refractivity contribution in [1.82, 2.24) is 30.3 Å². The van der Waals surface area contributed by atoms with Crippen LogP contribution in [0, 0.1) is 0 Å². The Balaban J connectivity index is 0.00000289. The molecular formula is C23H32IN7O. The number of guanidine groups is 1. The molecule has 8 nitrogen and oxygen atoms in total. The van der Waals surface area contributed by atoms with E-state index < -0.39 is 0 Å². The lowest BCUT2D eigenvalue weighted by Gasteiger charge is -2.33. The fraction of sp³-hybridized carbons (Fsp3) is 0.435. The first kappa shape index (κ1) is 24.2. The van der Waals surface area contributed by atoms with Gasteiger partial charge >= 0.3 is 0 Å². The first-order valence-electron chi connectivity index (χ1n) is 11.1. The Morgan fingerprint density at radius 3 is 2.59 bits per heavy atom. The molecule has 0 aliphatic carbocycles. The van der Waals surface area contributed by atoms with Crippen molar-refractivity contribution in [3.8, 4) is 5.69 Å². The second-order valence-corrected chi connectivity index (χ2v) is 7.71. The van der Waals surface area contributed by atoms with E-state index in [2.05, 4.69) is 50.7 Å². The monoisotopic (exact) mass is 549 g/mol. The predicted octanol–water partition coefficient (Wildman–Crippen LogP) is 3.76. The first-order valence-corrected chi connectivity index (χ1v) is 11.1. The molecule has 172 valence electrons. The molecule has 2 aromatic heterocycles. The maximum atomic E-state index is 5.76. The number of likely N-dealkylation sites (tertiary alicyclic amines) is 1. The van der Waals surface area contributed by atoms with Gasteiger partial charge in [0.2, 0.25) is 0 Å². The van der Waals surface area contributed by atoms with Crippen LogP contribution in [0.1, 0.15) is 43.6 Å². The Kier molecular flexibility index (Phi) is 9.54. The third-order valence-electron chi connectivity index (χ3n) is 5.55. The molecule has 1 aliphatic heterocycles. The zero-order valence-corrected chi connectivity index (χ0v) is 20.8. The lowest BCUT2D eigenvalue weighted by molar-refractivity contribution is 0.146. The molecule has 0 bridgehead atoms. The average molecular weight is 549 g/mol. The van der Waals surface area contributed by atoms with Crippen molar-refractivity contribution in [2.45, 2.75) is 38.8 Å². The third kappa shape index (κ3) is 6.55. The second kappa shape index (κ2) is 12.6. The summed E-state index contributed by atoms with van der Waals surface area (Å²) in [6.45, 7) is 6.47. The van der Waals surface area contributed by atoms with Crippen molar-refractivity contribution in [3.63, 3.8) is 0 Å². The standard InChI is InChI=1S/C23H31N7O.HI/c1-2-25-23(26-15-19-8-10-20(11-9-19)30-18-24-17-28-30)27-16-21(22-7-6-14-31-22)29-12-4-3-5-13-29;/h6-11,14,17-18,21H,2-5,12-13,15-16H2,1H3,(H2,25,26,27);1H. The third-order valence-corrected chi connectivity index (χ3v) is 5.55. The number of nitrogens with zero attached hydrogens (tertiary/aromatic N) is 5. The number of piperidine rings is 1. The highest BCUT2D eigenvalue weighted by Crippen LogP contribution is 2.24. The zero-order valence-electron chi connectivity index (χ0n) is 18.5. The maximum absolute atomic E-state index is 5.76.